The molecule has 3 N–H and O–H groups in total. The molecule has 2 aromatic rings. The van der Waals surface area contributed by atoms with Crippen molar-refractivity contribution in [2.24, 2.45) is 0 Å². The van der Waals surface area contributed by atoms with Crippen molar-refractivity contribution in [3.63, 3.8) is 0 Å². The summed E-state index contributed by atoms with van der Waals surface area (Å²) in [7, 11) is 7.47. The zero-order valence-electron chi connectivity index (χ0n) is 16.4. The molecule has 0 amide bonds. The van der Waals surface area contributed by atoms with E-state index in [9.17, 15) is 4.79 Å². The highest BCUT2D eigenvalue weighted by atomic mass is 32.1. The van der Waals surface area contributed by atoms with Crippen LogP contribution < -0.4 is 20.5 Å². The van der Waals surface area contributed by atoms with Crippen molar-refractivity contribution in [1.82, 2.24) is 15.2 Å². The number of ether oxygens (including phenoxy) is 2. The molecule has 27 heavy (non-hydrogen) atoms. The first-order valence-corrected chi connectivity index (χ1v) is 9.36. The van der Waals surface area contributed by atoms with Gasteiger partial charge in [0.2, 0.25) is 0 Å². The topological polar surface area (TPSA) is 71.0 Å². The number of aromatic amines is 1. The van der Waals surface area contributed by atoms with Gasteiger partial charge in [0.25, 0.3) is 5.56 Å². The number of pyridine rings is 1. The van der Waals surface area contributed by atoms with Gasteiger partial charge in [-0.05, 0) is 36.5 Å². The van der Waals surface area contributed by atoms with Gasteiger partial charge in [0.1, 0.15) is 5.75 Å². The van der Waals surface area contributed by atoms with Crippen molar-refractivity contribution in [3.05, 3.63) is 40.2 Å². The molecule has 0 aliphatic rings. The minimum absolute atomic E-state index is 0.102. The maximum Gasteiger partial charge on any atom is 0.253 e. The van der Waals surface area contributed by atoms with Crippen molar-refractivity contribution >= 4 is 28.2 Å². The first kappa shape index (κ1) is 21.1. The highest BCUT2D eigenvalue weighted by Crippen LogP contribution is 2.19. The number of aromatic nitrogens is 1. The van der Waals surface area contributed by atoms with Gasteiger partial charge < -0.3 is 29.6 Å². The number of fused-ring (bicyclic) bond motifs is 1. The number of nitrogens with zero attached hydrogens (tertiary/aromatic N) is 1. The number of benzene rings is 1. The predicted octanol–water partition coefficient (Wildman–Crippen LogP) is 0.00410. The lowest BCUT2D eigenvalue weighted by Crippen LogP contribution is -3.06. The molecule has 148 valence electrons. The van der Waals surface area contributed by atoms with E-state index in [1.54, 1.807) is 14.2 Å². The van der Waals surface area contributed by atoms with Crippen molar-refractivity contribution in [2.75, 3.05) is 54.6 Å². The molecule has 8 heteroatoms. The molecule has 1 heterocycles. The molecule has 0 aliphatic carbocycles. The molecule has 0 atom stereocenters. The third kappa shape index (κ3) is 6.20. The van der Waals surface area contributed by atoms with Crippen molar-refractivity contribution in [3.8, 4) is 5.75 Å². The van der Waals surface area contributed by atoms with Crippen LogP contribution in [-0.2, 0) is 11.3 Å². The Kier molecular flexibility index (Phi) is 8.02. The number of quaternary nitrogens is 1. The van der Waals surface area contributed by atoms with Crippen LogP contribution in [0.4, 0.5) is 0 Å². The Morgan fingerprint density at radius 2 is 2.07 bits per heavy atom. The second-order valence-electron chi connectivity index (χ2n) is 6.68. The summed E-state index contributed by atoms with van der Waals surface area (Å²) >= 11 is 5.54. The first-order valence-electron chi connectivity index (χ1n) is 8.95. The van der Waals surface area contributed by atoms with E-state index < -0.39 is 0 Å². The minimum Gasteiger partial charge on any atom is -0.497 e. The van der Waals surface area contributed by atoms with Crippen LogP contribution in [-0.4, -0.2) is 69.6 Å². The molecule has 0 aliphatic heterocycles. The summed E-state index contributed by atoms with van der Waals surface area (Å²) in [6, 6.07) is 7.50. The van der Waals surface area contributed by atoms with E-state index in [4.69, 9.17) is 21.7 Å². The highest BCUT2D eigenvalue weighted by Gasteiger charge is 2.14. The van der Waals surface area contributed by atoms with Crippen LogP contribution >= 0.6 is 12.2 Å². The van der Waals surface area contributed by atoms with Gasteiger partial charge in [-0.2, -0.15) is 0 Å². The number of hydrogen-bond acceptors (Lipinski definition) is 4. The largest absolute Gasteiger partial charge is 0.497 e. The van der Waals surface area contributed by atoms with E-state index in [2.05, 4.69) is 24.4 Å². The van der Waals surface area contributed by atoms with Crippen LogP contribution in [0.5, 0.6) is 5.75 Å². The van der Waals surface area contributed by atoms with Crippen molar-refractivity contribution in [2.45, 2.75) is 6.54 Å². The van der Waals surface area contributed by atoms with Gasteiger partial charge in [0.15, 0.2) is 5.11 Å². The summed E-state index contributed by atoms with van der Waals surface area (Å²) in [4.78, 5) is 18.8. The predicted molar refractivity (Wildman–Crippen MR) is 112 cm³/mol. The molecule has 7 nitrogen and oxygen atoms in total. The lowest BCUT2D eigenvalue weighted by atomic mass is 10.1. The van der Waals surface area contributed by atoms with Gasteiger partial charge in [-0.15, -0.1) is 0 Å². The standard InChI is InChI=1S/C19H28N4O3S/c1-22(2)8-9-23(19(27)20-7-10-25-3)13-15-11-14-12-16(26-4)5-6-17(14)21-18(15)24/h5-6,11-12H,7-10,13H2,1-4H3,(H,20,27)(H,21,24)/p+1. The van der Waals surface area contributed by atoms with Crippen LogP contribution in [0.1, 0.15) is 5.56 Å². The summed E-state index contributed by atoms with van der Waals surface area (Å²) in [5, 5.41) is 4.75. The van der Waals surface area contributed by atoms with Gasteiger partial charge in [0.05, 0.1) is 47.4 Å². The molecular formula is C19H29N4O3S+. The van der Waals surface area contributed by atoms with Gasteiger partial charge in [-0.1, -0.05) is 0 Å². The van der Waals surface area contributed by atoms with E-state index in [0.29, 0.717) is 30.4 Å². The van der Waals surface area contributed by atoms with E-state index in [0.717, 1.165) is 29.7 Å². The zero-order chi connectivity index (χ0) is 19.8. The van der Waals surface area contributed by atoms with E-state index in [1.807, 2.05) is 29.2 Å². The third-order valence-electron chi connectivity index (χ3n) is 4.24. The fourth-order valence-electron chi connectivity index (χ4n) is 2.66. The number of rotatable bonds is 9. The Morgan fingerprint density at radius 3 is 2.74 bits per heavy atom. The number of H-pyrrole nitrogens is 1. The molecule has 0 radical (unpaired) electrons. The van der Waals surface area contributed by atoms with Crippen LogP contribution in [0.15, 0.2) is 29.1 Å². The molecule has 1 aromatic carbocycles. The molecule has 0 saturated carbocycles. The molecule has 2 rings (SSSR count). The zero-order valence-corrected chi connectivity index (χ0v) is 17.2. The third-order valence-corrected chi connectivity index (χ3v) is 4.64. The summed E-state index contributed by atoms with van der Waals surface area (Å²) in [6.45, 7) is 3.30. The molecule has 0 fully saturated rings. The SMILES string of the molecule is COCCNC(=S)N(CC[NH+](C)C)Cc1cc2cc(OC)ccc2[nH]c1=O. The number of hydrogen-bond donors (Lipinski definition) is 3. The van der Waals surface area contributed by atoms with Gasteiger partial charge in [-0.3, -0.25) is 4.79 Å². The summed E-state index contributed by atoms with van der Waals surface area (Å²) < 4.78 is 10.3. The van der Waals surface area contributed by atoms with Crippen molar-refractivity contribution in [1.29, 1.82) is 0 Å². The summed E-state index contributed by atoms with van der Waals surface area (Å²) in [5.41, 5.74) is 1.35. The maximum atomic E-state index is 12.5. The average molecular weight is 394 g/mol. The van der Waals surface area contributed by atoms with Crippen LogP contribution in [0, 0.1) is 0 Å². The summed E-state index contributed by atoms with van der Waals surface area (Å²) in [6.07, 6.45) is 0. The monoisotopic (exact) mass is 393 g/mol. The lowest BCUT2D eigenvalue weighted by molar-refractivity contribution is -0.857. The Hall–Kier alpha value is -2.16. The smallest absolute Gasteiger partial charge is 0.253 e. The van der Waals surface area contributed by atoms with E-state index in [-0.39, 0.29) is 5.56 Å². The van der Waals surface area contributed by atoms with E-state index in [1.165, 1.54) is 4.90 Å². The Balaban J connectivity index is 2.24. The molecule has 0 saturated heterocycles. The Bertz CT molecular complexity index is 822. The Morgan fingerprint density at radius 1 is 1.30 bits per heavy atom. The first-order chi connectivity index (χ1) is 12.9. The molecule has 0 bridgehead atoms. The van der Waals surface area contributed by atoms with Crippen LogP contribution in [0.3, 0.4) is 0 Å². The second-order valence-corrected chi connectivity index (χ2v) is 7.07. The number of thiocarbonyl (C=S) groups is 1. The second kappa shape index (κ2) is 10.2. The van der Waals surface area contributed by atoms with Crippen LogP contribution in [0.25, 0.3) is 10.9 Å². The quantitative estimate of drug-likeness (QED) is 0.412. The van der Waals surface area contributed by atoms with Gasteiger partial charge in [-0.25, -0.2) is 0 Å². The minimum atomic E-state index is -0.102. The normalized spacial score (nSPS) is 11.0. The lowest BCUT2D eigenvalue weighted by Gasteiger charge is -2.26. The van der Waals surface area contributed by atoms with Crippen LogP contribution in [0.2, 0.25) is 0 Å². The number of likely N-dealkylation sites (N-methyl/N-ethyl adjacent to an activating group) is 1. The maximum absolute atomic E-state index is 12.5. The average Bonchev–Trinajstić information content (AvgIpc) is 2.64. The molecule has 1 aromatic heterocycles. The fraction of sp³-hybridized carbons (Fsp3) is 0.474. The molecule has 0 unspecified atom stereocenters. The van der Waals surface area contributed by atoms with Gasteiger partial charge in [0, 0.05) is 30.1 Å². The highest BCUT2D eigenvalue weighted by molar-refractivity contribution is 7.80. The number of nitrogens with one attached hydrogen (secondary N) is 3. The molecular weight excluding hydrogens is 364 g/mol. The Labute approximate surface area is 165 Å². The molecule has 0 spiro atoms. The number of methoxy groups -OCH3 is 2. The summed E-state index contributed by atoms with van der Waals surface area (Å²) in [5.74, 6) is 0.755. The van der Waals surface area contributed by atoms with E-state index >= 15 is 0 Å². The van der Waals surface area contributed by atoms with Gasteiger partial charge >= 0.3 is 0 Å². The van der Waals surface area contributed by atoms with Crippen molar-refractivity contribution < 1.29 is 14.4 Å². The fourth-order valence-corrected chi connectivity index (χ4v) is 2.92.